The molecule has 4 N–H and O–H groups in total. The highest BCUT2D eigenvalue weighted by Gasteiger charge is 2.32. The van der Waals surface area contributed by atoms with Gasteiger partial charge >= 0.3 is 0 Å². The number of nitrogens with two attached hydrogens (primary N) is 1. The zero-order valence-electron chi connectivity index (χ0n) is 14.7. The molecular formula is C19H24ClFN3O2. The molecule has 1 aromatic carbocycles. The molecule has 1 unspecified atom stereocenters. The Balaban J connectivity index is 1.98. The van der Waals surface area contributed by atoms with Gasteiger partial charge in [0.25, 0.3) is 5.91 Å². The lowest BCUT2D eigenvalue weighted by Crippen LogP contribution is -2.37. The number of hydrogen-bond acceptors (Lipinski definition) is 3. The number of aliphatic hydroxyl groups excluding tert-OH is 1. The van der Waals surface area contributed by atoms with Crippen molar-refractivity contribution in [3.05, 3.63) is 59.5 Å². The van der Waals surface area contributed by atoms with E-state index in [1.807, 2.05) is 30.3 Å². The molecule has 1 amide bonds. The average molecular weight is 381 g/mol. The number of nitrogens with one attached hydrogen (secondary N) is 1. The first-order chi connectivity index (χ1) is 12.3. The van der Waals surface area contributed by atoms with E-state index < -0.39 is 17.7 Å². The van der Waals surface area contributed by atoms with Crippen LogP contribution in [0.3, 0.4) is 0 Å². The van der Waals surface area contributed by atoms with Crippen LogP contribution in [0, 0.1) is 6.42 Å². The van der Waals surface area contributed by atoms with Crippen LogP contribution < -0.4 is 5.73 Å². The Morgan fingerprint density at radius 1 is 1.46 bits per heavy atom. The predicted octanol–water partition coefficient (Wildman–Crippen LogP) is 3.34. The zero-order chi connectivity index (χ0) is 19.2. The summed E-state index contributed by atoms with van der Waals surface area (Å²) >= 11 is 5.86. The maximum atomic E-state index is 14.2. The number of amides is 1. The molecule has 7 heteroatoms. The van der Waals surface area contributed by atoms with E-state index in [4.69, 9.17) is 17.3 Å². The van der Waals surface area contributed by atoms with Crippen LogP contribution in [0.2, 0.25) is 5.15 Å². The van der Waals surface area contributed by atoms with E-state index >= 15 is 0 Å². The molecule has 1 aromatic heterocycles. The molecule has 3 atom stereocenters. The zero-order valence-corrected chi connectivity index (χ0v) is 15.4. The van der Waals surface area contributed by atoms with Gasteiger partial charge in [0.2, 0.25) is 0 Å². The summed E-state index contributed by atoms with van der Waals surface area (Å²) in [5.41, 5.74) is 4.09. The molecule has 0 aliphatic heterocycles. The van der Waals surface area contributed by atoms with Gasteiger partial charge in [-0.3, -0.25) is 4.79 Å². The third-order valence-electron chi connectivity index (χ3n) is 4.42. The fourth-order valence-electron chi connectivity index (χ4n) is 2.73. The minimum Gasteiger partial charge on any atom is -0.393 e. The third kappa shape index (κ3) is 6.11. The van der Waals surface area contributed by atoms with Gasteiger partial charge in [-0.2, -0.15) is 0 Å². The Hall–Kier alpha value is -1.92. The molecule has 0 saturated heterocycles. The predicted molar refractivity (Wildman–Crippen MR) is 99.3 cm³/mol. The van der Waals surface area contributed by atoms with Crippen LogP contribution in [0.4, 0.5) is 4.39 Å². The van der Waals surface area contributed by atoms with E-state index in [-0.39, 0.29) is 12.3 Å². The summed E-state index contributed by atoms with van der Waals surface area (Å²) in [6.07, 6.45) is 3.83. The van der Waals surface area contributed by atoms with Crippen LogP contribution in [-0.4, -0.2) is 32.8 Å². The van der Waals surface area contributed by atoms with Crippen molar-refractivity contribution in [1.82, 2.24) is 9.97 Å². The minimum absolute atomic E-state index is 0.0588. The first-order valence-corrected chi connectivity index (χ1v) is 8.90. The largest absolute Gasteiger partial charge is 0.393 e. The van der Waals surface area contributed by atoms with E-state index in [1.165, 1.54) is 13.1 Å². The number of imidazole rings is 1. The maximum absolute atomic E-state index is 14.2. The van der Waals surface area contributed by atoms with Crippen LogP contribution in [0.5, 0.6) is 0 Å². The van der Waals surface area contributed by atoms with Gasteiger partial charge in [0, 0.05) is 12.1 Å². The molecule has 0 aliphatic carbocycles. The molecule has 0 fully saturated rings. The molecule has 2 rings (SSSR count). The summed E-state index contributed by atoms with van der Waals surface area (Å²) in [4.78, 5) is 18.3. The lowest BCUT2D eigenvalue weighted by Gasteiger charge is -2.22. The van der Waals surface area contributed by atoms with Crippen molar-refractivity contribution >= 4 is 17.5 Å². The second kappa shape index (κ2) is 9.14. The van der Waals surface area contributed by atoms with Crippen molar-refractivity contribution in [2.24, 2.45) is 5.73 Å². The molecule has 0 aliphatic rings. The fourth-order valence-corrected chi connectivity index (χ4v) is 2.88. The van der Waals surface area contributed by atoms with Gasteiger partial charge in [-0.1, -0.05) is 41.9 Å². The van der Waals surface area contributed by atoms with Crippen LogP contribution in [0.15, 0.2) is 36.5 Å². The van der Waals surface area contributed by atoms with Crippen molar-refractivity contribution in [1.29, 1.82) is 0 Å². The number of nitrogens with zero attached hydrogens (tertiary/aromatic N) is 1. The Kier molecular flexibility index (Phi) is 7.17. The number of H-pyrrole nitrogens is 1. The van der Waals surface area contributed by atoms with Gasteiger partial charge in [-0.25, -0.2) is 9.37 Å². The van der Waals surface area contributed by atoms with E-state index in [0.29, 0.717) is 30.2 Å². The van der Waals surface area contributed by atoms with Gasteiger partial charge < -0.3 is 15.8 Å². The number of benzene rings is 1. The van der Waals surface area contributed by atoms with E-state index in [0.717, 1.165) is 5.56 Å². The highest BCUT2D eigenvalue weighted by atomic mass is 35.5. The van der Waals surface area contributed by atoms with Crippen molar-refractivity contribution in [2.75, 3.05) is 0 Å². The molecule has 2 aromatic rings. The number of carbonyl (C=O) groups is 1. The second-order valence-corrected chi connectivity index (χ2v) is 7.02. The van der Waals surface area contributed by atoms with E-state index in [9.17, 15) is 14.3 Å². The number of aromatic amines is 1. The topological polar surface area (TPSA) is 92.0 Å². The summed E-state index contributed by atoms with van der Waals surface area (Å²) in [7, 11) is 0. The number of alkyl halides is 1. The monoisotopic (exact) mass is 380 g/mol. The van der Waals surface area contributed by atoms with Crippen molar-refractivity contribution in [3.63, 3.8) is 0 Å². The van der Waals surface area contributed by atoms with Crippen molar-refractivity contribution < 1.29 is 14.3 Å². The van der Waals surface area contributed by atoms with Crippen LogP contribution in [0.1, 0.15) is 43.5 Å². The summed E-state index contributed by atoms with van der Waals surface area (Å²) in [5, 5.41) is 10.7. The summed E-state index contributed by atoms with van der Waals surface area (Å²) in [6, 6.07) is 9.77. The van der Waals surface area contributed by atoms with Crippen LogP contribution in [-0.2, 0) is 11.2 Å². The Bertz CT molecular complexity index is 706. The second-order valence-electron chi connectivity index (χ2n) is 6.63. The Morgan fingerprint density at radius 2 is 2.15 bits per heavy atom. The molecule has 0 bridgehead atoms. The Labute approximate surface area is 157 Å². The van der Waals surface area contributed by atoms with Gasteiger partial charge in [0.05, 0.1) is 6.10 Å². The number of rotatable bonds is 10. The highest BCUT2D eigenvalue weighted by Crippen LogP contribution is 2.30. The molecule has 5 nitrogen and oxygen atoms in total. The van der Waals surface area contributed by atoms with Gasteiger partial charge in [0.15, 0.2) is 5.67 Å². The van der Waals surface area contributed by atoms with Crippen molar-refractivity contribution in [2.45, 2.75) is 50.3 Å². The number of halogens is 2. The average Bonchev–Trinajstić information content (AvgIpc) is 3.04. The number of carbonyl (C=O) groups excluding carboxylic acids is 1. The summed E-state index contributed by atoms with van der Waals surface area (Å²) < 4.78 is 14.2. The third-order valence-corrected chi connectivity index (χ3v) is 4.62. The molecule has 1 heterocycles. The molecular weight excluding hydrogens is 357 g/mol. The normalized spacial score (nSPS) is 16.0. The standard InChI is InChI=1S/C19H24ClFN3O2/c1-19(21,18(22)26)10-9-14(17-23-12-16(20)24-17)11-15(25)8-7-13-5-3-2-4-6-13/h2-6,8,12,14-15,25H,7,9-11H2,1H3,(H2,22,26)(H,23,24)/t14-,15+,19?/m1/s1. The first kappa shape index (κ1) is 20.4. The number of aliphatic hydroxyl groups is 1. The molecule has 26 heavy (non-hydrogen) atoms. The lowest BCUT2D eigenvalue weighted by atomic mass is 9.89. The molecule has 0 spiro atoms. The summed E-state index contributed by atoms with van der Waals surface area (Å²) in [6.45, 7) is 1.17. The van der Waals surface area contributed by atoms with Crippen molar-refractivity contribution in [3.8, 4) is 0 Å². The number of primary amides is 1. The number of hydrogen-bond donors (Lipinski definition) is 3. The lowest BCUT2D eigenvalue weighted by molar-refractivity contribution is -0.128. The molecule has 141 valence electrons. The van der Waals surface area contributed by atoms with E-state index in [1.54, 1.807) is 6.42 Å². The Morgan fingerprint density at radius 3 is 2.73 bits per heavy atom. The highest BCUT2D eigenvalue weighted by molar-refractivity contribution is 6.29. The van der Waals surface area contributed by atoms with Gasteiger partial charge in [-0.05, 0) is 44.6 Å². The van der Waals surface area contributed by atoms with E-state index in [2.05, 4.69) is 9.97 Å². The van der Waals surface area contributed by atoms with Crippen LogP contribution in [0.25, 0.3) is 0 Å². The smallest absolute Gasteiger partial charge is 0.254 e. The summed E-state index contributed by atoms with van der Waals surface area (Å²) in [5.74, 6) is -0.716. The fraction of sp³-hybridized carbons (Fsp3) is 0.421. The SMILES string of the molecule is CC(F)(CC[C@H](C[C@@H](O)[CH]Cc1ccccc1)c1nc(Cl)c[nH]1)C(N)=O. The minimum atomic E-state index is -2.10. The molecule has 1 radical (unpaired) electrons. The number of aromatic nitrogens is 2. The molecule has 0 saturated carbocycles. The maximum Gasteiger partial charge on any atom is 0.254 e. The van der Waals surface area contributed by atoms with Gasteiger partial charge in [-0.15, -0.1) is 0 Å². The first-order valence-electron chi connectivity index (χ1n) is 8.53. The van der Waals surface area contributed by atoms with Crippen LogP contribution >= 0.6 is 11.6 Å². The quantitative estimate of drug-likeness (QED) is 0.590. The van der Waals surface area contributed by atoms with Gasteiger partial charge in [0.1, 0.15) is 11.0 Å².